The molecular formula is C12H23NO2. The summed E-state index contributed by atoms with van der Waals surface area (Å²) in [7, 11) is 0. The van der Waals surface area contributed by atoms with Gasteiger partial charge in [-0.05, 0) is 19.8 Å². The zero-order chi connectivity index (χ0) is 11.8. The van der Waals surface area contributed by atoms with Crippen molar-refractivity contribution in [2.45, 2.75) is 46.6 Å². The summed E-state index contributed by atoms with van der Waals surface area (Å²) in [4.78, 5) is 11.3. The number of hydrogen-bond acceptors (Lipinski definition) is 2. The molecular weight excluding hydrogens is 190 g/mol. The minimum absolute atomic E-state index is 0.125. The molecule has 3 heteroatoms. The number of aliphatic hydroxyl groups excluding tert-OH is 1. The van der Waals surface area contributed by atoms with Crippen molar-refractivity contribution in [2.75, 3.05) is 6.54 Å². The second kappa shape index (κ2) is 7.46. The van der Waals surface area contributed by atoms with Crippen LogP contribution in [0.1, 0.15) is 40.5 Å². The molecule has 1 unspecified atom stereocenters. The fourth-order valence-electron chi connectivity index (χ4n) is 1.52. The normalized spacial score (nSPS) is 12.4. The lowest BCUT2D eigenvalue weighted by Crippen LogP contribution is -2.35. The Morgan fingerprint density at radius 3 is 2.27 bits per heavy atom. The Kier molecular flexibility index (Phi) is 7.05. The van der Waals surface area contributed by atoms with E-state index in [1.165, 1.54) is 0 Å². The smallest absolute Gasteiger partial charge is 0.244 e. The topological polar surface area (TPSA) is 49.3 Å². The van der Waals surface area contributed by atoms with Crippen LogP contribution in [0.4, 0.5) is 0 Å². The highest BCUT2D eigenvalue weighted by Gasteiger charge is 2.15. The molecule has 2 N–H and O–H groups in total. The van der Waals surface area contributed by atoms with E-state index in [1.807, 2.05) is 13.8 Å². The minimum atomic E-state index is -0.436. The molecule has 15 heavy (non-hydrogen) atoms. The highest BCUT2D eigenvalue weighted by atomic mass is 16.3. The molecule has 0 aromatic carbocycles. The quantitative estimate of drug-likeness (QED) is 0.662. The Morgan fingerprint density at radius 1 is 1.33 bits per heavy atom. The van der Waals surface area contributed by atoms with Crippen LogP contribution in [0.3, 0.4) is 0 Å². The molecule has 0 heterocycles. The Labute approximate surface area is 92.6 Å². The number of aliphatic hydroxyl groups is 1. The van der Waals surface area contributed by atoms with Gasteiger partial charge in [0.25, 0.3) is 0 Å². The minimum Gasteiger partial charge on any atom is -0.391 e. The fourth-order valence-corrected chi connectivity index (χ4v) is 1.52. The first-order valence-electron chi connectivity index (χ1n) is 5.62. The van der Waals surface area contributed by atoms with Gasteiger partial charge in [0.05, 0.1) is 6.10 Å². The number of nitrogens with one attached hydrogen (secondary N) is 1. The van der Waals surface area contributed by atoms with Gasteiger partial charge in [0.2, 0.25) is 5.91 Å². The molecule has 1 atom stereocenters. The van der Waals surface area contributed by atoms with Gasteiger partial charge >= 0.3 is 0 Å². The third-order valence-electron chi connectivity index (χ3n) is 2.50. The Balaban J connectivity index is 3.94. The maximum atomic E-state index is 11.3. The van der Waals surface area contributed by atoms with E-state index >= 15 is 0 Å². The van der Waals surface area contributed by atoms with Crippen LogP contribution in [0, 0.1) is 5.92 Å². The Morgan fingerprint density at radius 2 is 1.87 bits per heavy atom. The molecule has 0 saturated heterocycles. The number of carbonyl (C=O) groups is 1. The zero-order valence-electron chi connectivity index (χ0n) is 10.2. The zero-order valence-corrected chi connectivity index (χ0v) is 10.2. The summed E-state index contributed by atoms with van der Waals surface area (Å²) in [5.74, 6) is 0.150. The van der Waals surface area contributed by atoms with Gasteiger partial charge in [-0.15, -0.1) is 0 Å². The standard InChI is InChI=1S/C12H23NO2/c1-5-10(6-2)11(14)8-13-12(15)7-9(3)4/h7,10-11,14H,5-6,8H2,1-4H3,(H,13,15). The molecule has 0 aliphatic carbocycles. The summed E-state index contributed by atoms with van der Waals surface area (Å²) in [6, 6.07) is 0. The first kappa shape index (κ1) is 14.2. The molecule has 0 fully saturated rings. The van der Waals surface area contributed by atoms with Crippen LogP contribution in [0.2, 0.25) is 0 Å². The van der Waals surface area contributed by atoms with Crippen LogP contribution in [0.5, 0.6) is 0 Å². The van der Waals surface area contributed by atoms with Gasteiger partial charge in [0, 0.05) is 12.6 Å². The molecule has 0 saturated carbocycles. The number of carbonyl (C=O) groups excluding carboxylic acids is 1. The molecule has 88 valence electrons. The second-order valence-corrected chi connectivity index (χ2v) is 4.11. The van der Waals surface area contributed by atoms with Crippen LogP contribution >= 0.6 is 0 Å². The van der Waals surface area contributed by atoms with E-state index in [9.17, 15) is 9.90 Å². The predicted octanol–water partition coefficient (Wildman–Crippen LogP) is 1.87. The largest absolute Gasteiger partial charge is 0.391 e. The van der Waals surface area contributed by atoms with Crippen molar-refractivity contribution >= 4 is 5.91 Å². The molecule has 0 rings (SSSR count). The van der Waals surface area contributed by atoms with E-state index in [-0.39, 0.29) is 11.8 Å². The monoisotopic (exact) mass is 213 g/mol. The van der Waals surface area contributed by atoms with Gasteiger partial charge in [0.1, 0.15) is 0 Å². The van der Waals surface area contributed by atoms with Crippen molar-refractivity contribution < 1.29 is 9.90 Å². The van der Waals surface area contributed by atoms with Crippen molar-refractivity contribution in [2.24, 2.45) is 5.92 Å². The van der Waals surface area contributed by atoms with Gasteiger partial charge in [-0.25, -0.2) is 0 Å². The lowest BCUT2D eigenvalue weighted by atomic mass is 9.96. The highest BCUT2D eigenvalue weighted by molar-refractivity contribution is 5.88. The van der Waals surface area contributed by atoms with Gasteiger partial charge in [-0.2, -0.15) is 0 Å². The maximum Gasteiger partial charge on any atom is 0.244 e. The molecule has 3 nitrogen and oxygen atoms in total. The lowest BCUT2D eigenvalue weighted by Gasteiger charge is -2.19. The van der Waals surface area contributed by atoms with Crippen molar-refractivity contribution in [3.8, 4) is 0 Å². The molecule has 1 amide bonds. The van der Waals surface area contributed by atoms with Crippen molar-refractivity contribution in [1.29, 1.82) is 0 Å². The van der Waals surface area contributed by atoms with Crippen LogP contribution < -0.4 is 5.32 Å². The van der Waals surface area contributed by atoms with E-state index in [4.69, 9.17) is 0 Å². The lowest BCUT2D eigenvalue weighted by molar-refractivity contribution is -0.117. The maximum absolute atomic E-state index is 11.3. The Hall–Kier alpha value is -0.830. The number of rotatable bonds is 6. The average molecular weight is 213 g/mol. The van der Waals surface area contributed by atoms with E-state index in [0.29, 0.717) is 6.54 Å². The molecule has 0 aromatic rings. The summed E-state index contributed by atoms with van der Waals surface area (Å²) >= 11 is 0. The molecule has 0 radical (unpaired) electrons. The fraction of sp³-hybridized carbons (Fsp3) is 0.750. The summed E-state index contributed by atoms with van der Waals surface area (Å²) in [5, 5.41) is 12.5. The van der Waals surface area contributed by atoms with Gasteiger partial charge in [-0.1, -0.05) is 32.3 Å². The van der Waals surface area contributed by atoms with Gasteiger partial charge in [0.15, 0.2) is 0 Å². The van der Waals surface area contributed by atoms with Gasteiger partial charge in [-0.3, -0.25) is 4.79 Å². The predicted molar refractivity (Wildman–Crippen MR) is 62.5 cm³/mol. The SMILES string of the molecule is CCC(CC)C(O)CNC(=O)C=C(C)C. The first-order chi connectivity index (χ1) is 7.01. The third kappa shape index (κ3) is 6.28. The molecule has 0 aromatic heterocycles. The third-order valence-corrected chi connectivity index (χ3v) is 2.50. The number of amides is 1. The molecule has 0 spiro atoms. The van der Waals surface area contributed by atoms with Crippen molar-refractivity contribution in [3.05, 3.63) is 11.6 Å². The van der Waals surface area contributed by atoms with E-state index in [2.05, 4.69) is 19.2 Å². The summed E-state index contributed by atoms with van der Waals surface area (Å²) < 4.78 is 0. The second-order valence-electron chi connectivity index (χ2n) is 4.11. The van der Waals surface area contributed by atoms with E-state index in [1.54, 1.807) is 6.08 Å². The number of allylic oxidation sites excluding steroid dienone is 1. The van der Waals surface area contributed by atoms with Crippen LogP contribution in [0.25, 0.3) is 0 Å². The highest BCUT2D eigenvalue weighted by Crippen LogP contribution is 2.12. The number of hydrogen-bond donors (Lipinski definition) is 2. The molecule has 0 aliphatic heterocycles. The molecule has 0 aliphatic rings. The van der Waals surface area contributed by atoms with Crippen molar-refractivity contribution in [1.82, 2.24) is 5.32 Å². The molecule has 0 bridgehead atoms. The van der Waals surface area contributed by atoms with E-state index < -0.39 is 6.10 Å². The average Bonchev–Trinajstić information content (AvgIpc) is 2.15. The summed E-state index contributed by atoms with van der Waals surface area (Å²) in [5.41, 5.74) is 0.963. The van der Waals surface area contributed by atoms with Crippen LogP contribution in [-0.2, 0) is 4.79 Å². The van der Waals surface area contributed by atoms with Crippen molar-refractivity contribution in [3.63, 3.8) is 0 Å². The van der Waals surface area contributed by atoms with E-state index in [0.717, 1.165) is 18.4 Å². The van der Waals surface area contributed by atoms with Crippen LogP contribution in [-0.4, -0.2) is 23.7 Å². The van der Waals surface area contributed by atoms with Crippen LogP contribution in [0.15, 0.2) is 11.6 Å². The summed E-state index contributed by atoms with van der Waals surface area (Å²) in [6.45, 7) is 8.19. The van der Waals surface area contributed by atoms with Gasteiger partial charge < -0.3 is 10.4 Å². The first-order valence-corrected chi connectivity index (χ1v) is 5.62. The summed E-state index contributed by atoms with van der Waals surface area (Å²) in [6.07, 6.45) is 2.99. The Bertz CT molecular complexity index is 216.